The summed E-state index contributed by atoms with van der Waals surface area (Å²) in [7, 11) is 1.69. The quantitative estimate of drug-likeness (QED) is 0.324. The van der Waals surface area contributed by atoms with Crippen molar-refractivity contribution in [2.24, 2.45) is 7.05 Å². The lowest BCUT2D eigenvalue weighted by Gasteiger charge is -2.18. The average molecular weight is 571 g/mol. The molecule has 2 heterocycles. The smallest absolute Gasteiger partial charge is 0.362 e. The SMILES string of the molecule is Cc1nnc(N[C@H](C)c2cccc(C(F)(F)F)c2)c2cc3c(cc12)n(CCOI)c(=O)n3C. The third kappa shape index (κ3) is 4.43. The molecule has 4 rings (SSSR count). The summed E-state index contributed by atoms with van der Waals surface area (Å²) in [4.78, 5) is 12.7. The van der Waals surface area contributed by atoms with E-state index >= 15 is 0 Å². The number of nitrogens with zero attached hydrogens (tertiary/aromatic N) is 4. The molecule has 1 N–H and O–H groups in total. The van der Waals surface area contributed by atoms with Gasteiger partial charge in [-0.1, -0.05) is 12.1 Å². The number of anilines is 1. The first-order chi connectivity index (χ1) is 15.6. The van der Waals surface area contributed by atoms with Gasteiger partial charge in [0.05, 0.1) is 41.5 Å². The lowest BCUT2D eigenvalue weighted by molar-refractivity contribution is -0.137. The minimum Gasteiger partial charge on any atom is -0.362 e. The van der Waals surface area contributed by atoms with Crippen LogP contribution >= 0.6 is 23.0 Å². The number of imidazole rings is 1. The van der Waals surface area contributed by atoms with Crippen LogP contribution in [0.2, 0.25) is 0 Å². The molecule has 4 aromatic rings. The summed E-state index contributed by atoms with van der Waals surface area (Å²) in [5.74, 6) is 0.429. The van der Waals surface area contributed by atoms with Gasteiger partial charge < -0.3 is 8.38 Å². The highest BCUT2D eigenvalue weighted by Gasteiger charge is 2.30. The number of alkyl halides is 3. The molecular weight excluding hydrogens is 550 g/mol. The molecule has 33 heavy (non-hydrogen) atoms. The highest BCUT2D eigenvalue weighted by atomic mass is 127. The van der Waals surface area contributed by atoms with E-state index in [0.29, 0.717) is 35.7 Å². The maximum Gasteiger partial charge on any atom is 0.416 e. The molecule has 1 atom stereocenters. The molecule has 7 nitrogen and oxygen atoms in total. The first-order valence-corrected chi connectivity index (χ1v) is 11.0. The zero-order valence-electron chi connectivity index (χ0n) is 18.1. The zero-order chi connectivity index (χ0) is 23.9. The molecule has 2 aromatic carbocycles. The highest BCUT2D eigenvalue weighted by Crippen LogP contribution is 2.33. The summed E-state index contributed by atoms with van der Waals surface area (Å²) in [6.07, 6.45) is -4.42. The van der Waals surface area contributed by atoms with E-state index in [1.807, 2.05) is 19.1 Å². The average Bonchev–Trinajstić information content (AvgIpc) is 3.02. The molecule has 0 saturated carbocycles. The summed E-state index contributed by atoms with van der Waals surface area (Å²) < 4.78 is 47.7. The number of hydrogen-bond acceptors (Lipinski definition) is 5. The van der Waals surface area contributed by atoms with Crippen LogP contribution < -0.4 is 11.0 Å². The van der Waals surface area contributed by atoms with Crippen LogP contribution in [0.3, 0.4) is 0 Å². The summed E-state index contributed by atoms with van der Waals surface area (Å²) in [5, 5.41) is 13.2. The van der Waals surface area contributed by atoms with Crippen molar-refractivity contribution in [3.63, 3.8) is 0 Å². The van der Waals surface area contributed by atoms with Crippen molar-refractivity contribution in [3.8, 4) is 0 Å². The molecule has 0 spiro atoms. The van der Waals surface area contributed by atoms with E-state index in [1.165, 1.54) is 6.07 Å². The van der Waals surface area contributed by atoms with E-state index in [9.17, 15) is 18.0 Å². The predicted octanol–water partition coefficient (Wildman–Crippen LogP) is 5.15. The minimum atomic E-state index is -4.42. The normalized spacial score (nSPS) is 13.1. The fourth-order valence-electron chi connectivity index (χ4n) is 3.90. The second-order valence-electron chi connectivity index (χ2n) is 7.82. The maximum atomic E-state index is 13.1. The summed E-state index contributed by atoms with van der Waals surface area (Å²) >= 11 is 1.79. The molecule has 0 radical (unpaired) electrons. The van der Waals surface area contributed by atoms with Crippen LogP contribution in [-0.4, -0.2) is 25.9 Å². The molecule has 0 bridgehead atoms. The van der Waals surface area contributed by atoms with Crippen molar-refractivity contribution in [1.82, 2.24) is 19.3 Å². The van der Waals surface area contributed by atoms with E-state index in [-0.39, 0.29) is 5.69 Å². The molecule has 0 aliphatic rings. The number of benzene rings is 2. The van der Waals surface area contributed by atoms with Crippen molar-refractivity contribution in [2.75, 3.05) is 11.9 Å². The lowest BCUT2D eigenvalue weighted by atomic mass is 10.0. The monoisotopic (exact) mass is 571 g/mol. The zero-order valence-corrected chi connectivity index (χ0v) is 20.2. The van der Waals surface area contributed by atoms with Gasteiger partial charge in [-0.3, -0.25) is 9.13 Å². The molecule has 11 heteroatoms. The number of rotatable bonds is 6. The summed E-state index contributed by atoms with van der Waals surface area (Å²) in [5.41, 5.74) is 1.73. The van der Waals surface area contributed by atoms with Crippen molar-refractivity contribution < 1.29 is 16.2 Å². The van der Waals surface area contributed by atoms with E-state index in [4.69, 9.17) is 3.07 Å². The second kappa shape index (κ2) is 8.93. The van der Waals surface area contributed by atoms with E-state index in [0.717, 1.165) is 28.4 Å². The topological polar surface area (TPSA) is 74.0 Å². The molecule has 0 saturated heterocycles. The molecule has 0 unspecified atom stereocenters. The predicted molar refractivity (Wildman–Crippen MR) is 128 cm³/mol. The molecule has 0 aliphatic heterocycles. The Balaban J connectivity index is 1.80. The van der Waals surface area contributed by atoms with E-state index in [1.54, 1.807) is 52.2 Å². The van der Waals surface area contributed by atoms with Gasteiger partial charge in [-0.05, 0) is 43.7 Å². The third-order valence-corrected chi connectivity index (χ3v) is 6.13. The largest absolute Gasteiger partial charge is 0.416 e. The van der Waals surface area contributed by atoms with Gasteiger partial charge in [0, 0.05) is 17.8 Å². The van der Waals surface area contributed by atoms with Crippen molar-refractivity contribution in [1.29, 1.82) is 0 Å². The summed E-state index contributed by atoms with van der Waals surface area (Å²) in [6.45, 7) is 4.37. The number of hydrogen-bond donors (Lipinski definition) is 1. The first-order valence-electron chi connectivity index (χ1n) is 10.1. The molecule has 0 aliphatic carbocycles. The number of aryl methyl sites for hydroxylation is 2. The Morgan fingerprint density at radius 2 is 1.88 bits per heavy atom. The van der Waals surface area contributed by atoms with E-state index in [2.05, 4.69) is 15.5 Å². The summed E-state index contributed by atoms with van der Waals surface area (Å²) in [6, 6.07) is 8.48. The fourth-order valence-corrected chi connectivity index (χ4v) is 4.10. The number of halogens is 4. The van der Waals surface area contributed by atoms with Gasteiger partial charge in [-0.15, -0.1) is 5.10 Å². The van der Waals surface area contributed by atoms with Gasteiger partial charge >= 0.3 is 11.9 Å². The van der Waals surface area contributed by atoms with Gasteiger partial charge in [-0.2, -0.15) is 18.3 Å². The number of aromatic nitrogens is 4. The van der Waals surface area contributed by atoms with Crippen LogP contribution in [0, 0.1) is 6.92 Å². The van der Waals surface area contributed by atoms with Crippen LogP contribution in [0.1, 0.15) is 29.8 Å². The Kier molecular flexibility index (Phi) is 6.36. The molecule has 174 valence electrons. The van der Waals surface area contributed by atoms with Crippen LogP contribution in [0.15, 0.2) is 41.2 Å². The molecule has 2 aromatic heterocycles. The number of nitrogens with one attached hydrogen (secondary N) is 1. The second-order valence-corrected chi connectivity index (χ2v) is 8.44. The van der Waals surface area contributed by atoms with Gasteiger partial charge in [0.1, 0.15) is 23.0 Å². The Morgan fingerprint density at radius 3 is 2.58 bits per heavy atom. The molecule has 0 fully saturated rings. The van der Waals surface area contributed by atoms with Crippen LogP contribution in [0.25, 0.3) is 21.8 Å². The Hall–Kier alpha value is -2.67. The van der Waals surface area contributed by atoms with Gasteiger partial charge in [0.25, 0.3) is 0 Å². The van der Waals surface area contributed by atoms with Crippen LogP contribution in [-0.2, 0) is 22.8 Å². The van der Waals surface area contributed by atoms with Crippen molar-refractivity contribution in [2.45, 2.75) is 32.6 Å². The number of fused-ring (bicyclic) bond motifs is 2. The van der Waals surface area contributed by atoms with Gasteiger partial charge in [0.15, 0.2) is 5.82 Å². The first kappa shape index (κ1) is 23.5. The van der Waals surface area contributed by atoms with Gasteiger partial charge in [0.2, 0.25) is 0 Å². The Morgan fingerprint density at radius 1 is 1.15 bits per heavy atom. The maximum absolute atomic E-state index is 13.1. The third-order valence-electron chi connectivity index (χ3n) is 5.69. The minimum absolute atomic E-state index is 0.167. The van der Waals surface area contributed by atoms with Gasteiger partial charge in [-0.25, -0.2) is 4.79 Å². The highest BCUT2D eigenvalue weighted by molar-refractivity contribution is 14.1. The molecular formula is C22H21F3IN5O2. The Bertz CT molecular complexity index is 1400. The fraction of sp³-hybridized carbons (Fsp3) is 0.318. The van der Waals surface area contributed by atoms with Crippen molar-refractivity contribution in [3.05, 3.63) is 63.7 Å². The van der Waals surface area contributed by atoms with E-state index < -0.39 is 17.8 Å². The standard InChI is InChI=1S/C22H21F3IN5O2/c1-12(14-5-4-6-15(9-14)22(23,24)25)27-20-17-11-18-19(10-16(17)13(2)28-29-20)31(7-8-33-26)21(32)30(18)3/h4-6,9-12H,7-8H2,1-3H3,(H,27,29)/t12-/m1/s1. The van der Waals surface area contributed by atoms with Crippen LogP contribution in [0.4, 0.5) is 19.0 Å². The lowest BCUT2D eigenvalue weighted by Crippen LogP contribution is -2.23. The van der Waals surface area contributed by atoms with Crippen molar-refractivity contribution >= 4 is 50.6 Å². The van der Waals surface area contributed by atoms with Crippen LogP contribution in [0.5, 0.6) is 0 Å². The Labute approximate surface area is 201 Å². The molecule has 0 amide bonds.